The van der Waals surface area contributed by atoms with Gasteiger partial charge in [-0.25, -0.2) is 9.69 Å². The van der Waals surface area contributed by atoms with E-state index in [9.17, 15) is 14.4 Å². The van der Waals surface area contributed by atoms with Crippen LogP contribution in [0, 0.1) is 6.92 Å². The minimum atomic E-state index is -0.752. The monoisotopic (exact) mass is 411 g/mol. The van der Waals surface area contributed by atoms with Crippen LogP contribution in [0.15, 0.2) is 84.4 Å². The quantitative estimate of drug-likeness (QED) is 0.509. The molecule has 1 N–H and O–H groups in total. The number of hydrogen-bond donors (Lipinski definition) is 1. The van der Waals surface area contributed by atoms with Crippen LogP contribution in [-0.2, 0) is 9.59 Å². The lowest BCUT2D eigenvalue weighted by molar-refractivity contribution is -0.122. The van der Waals surface area contributed by atoms with Gasteiger partial charge in [0.05, 0.1) is 5.69 Å². The molecule has 154 valence electrons. The van der Waals surface area contributed by atoms with E-state index in [0.29, 0.717) is 11.3 Å². The highest BCUT2D eigenvalue weighted by atomic mass is 16.2. The summed E-state index contributed by atoms with van der Waals surface area (Å²) < 4.78 is 0. The third kappa shape index (κ3) is 4.09. The molecule has 0 aromatic heterocycles. The average Bonchev–Trinajstić information content (AvgIpc) is 2.77. The summed E-state index contributed by atoms with van der Waals surface area (Å²) in [6.45, 7) is 1.87. The second-order valence-corrected chi connectivity index (χ2v) is 7.28. The minimum Gasteiger partial charge on any atom is -0.345 e. The number of anilines is 3. The molecule has 4 amide bonds. The summed E-state index contributed by atoms with van der Waals surface area (Å²) in [4.78, 5) is 40.7. The molecule has 0 aliphatic carbocycles. The van der Waals surface area contributed by atoms with E-state index in [-0.39, 0.29) is 5.57 Å². The summed E-state index contributed by atoms with van der Waals surface area (Å²) in [5.41, 5.74) is 3.92. The second-order valence-electron chi connectivity index (χ2n) is 7.28. The Morgan fingerprint density at radius 3 is 2.19 bits per heavy atom. The zero-order valence-electron chi connectivity index (χ0n) is 17.2. The number of rotatable bonds is 4. The zero-order valence-corrected chi connectivity index (χ0v) is 17.2. The van der Waals surface area contributed by atoms with Gasteiger partial charge in [0, 0.05) is 18.4 Å². The van der Waals surface area contributed by atoms with Gasteiger partial charge >= 0.3 is 6.03 Å². The lowest BCUT2D eigenvalue weighted by Crippen LogP contribution is -2.54. The second kappa shape index (κ2) is 8.28. The fourth-order valence-electron chi connectivity index (χ4n) is 3.42. The molecule has 0 saturated carbocycles. The summed E-state index contributed by atoms with van der Waals surface area (Å²) >= 11 is 0. The summed E-state index contributed by atoms with van der Waals surface area (Å²) in [6, 6.07) is 23.7. The number of nitrogens with one attached hydrogen (secondary N) is 1. The summed E-state index contributed by atoms with van der Waals surface area (Å²) in [7, 11) is 1.96. The standard InChI is InChI=1S/C25H21N3O3/c1-17-7-6-10-21(15-17)28-24(30)22(23(29)26-25(28)31)16-18-11-13-20(14-12-18)27(2)19-8-4-3-5-9-19/h3-16H,1-2H3,(H,26,29,31)/b22-16+. The maximum absolute atomic E-state index is 13.0. The Morgan fingerprint density at radius 2 is 1.52 bits per heavy atom. The zero-order chi connectivity index (χ0) is 22.0. The van der Waals surface area contributed by atoms with E-state index in [2.05, 4.69) is 5.32 Å². The van der Waals surface area contributed by atoms with E-state index >= 15 is 0 Å². The summed E-state index contributed by atoms with van der Waals surface area (Å²) in [5.74, 6) is -1.35. The fraction of sp³-hybridized carbons (Fsp3) is 0.0800. The number of barbiturate groups is 1. The summed E-state index contributed by atoms with van der Waals surface area (Å²) in [6.07, 6.45) is 1.50. The van der Waals surface area contributed by atoms with E-state index < -0.39 is 17.8 Å². The molecule has 3 aromatic carbocycles. The average molecular weight is 411 g/mol. The Bertz CT molecular complexity index is 1180. The summed E-state index contributed by atoms with van der Waals surface area (Å²) in [5, 5.41) is 2.25. The largest absolute Gasteiger partial charge is 0.345 e. The fourth-order valence-corrected chi connectivity index (χ4v) is 3.42. The highest BCUT2D eigenvalue weighted by Gasteiger charge is 2.36. The van der Waals surface area contributed by atoms with Crippen molar-refractivity contribution in [3.8, 4) is 0 Å². The Balaban J connectivity index is 1.62. The molecular weight excluding hydrogens is 390 g/mol. The molecule has 1 aliphatic rings. The van der Waals surface area contributed by atoms with Crippen molar-refractivity contribution in [1.29, 1.82) is 0 Å². The molecule has 0 unspecified atom stereocenters. The van der Waals surface area contributed by atoms with Gasteiger partial charge < -0.3 is 4.90 Å². The highest BCUT2D eigenvalue weighted by molar-refractivity contribution is 6.39. The van der Waals surface area contributed by atoms with Gasteiger partial charge in [0.2, 0.25) is 0 Å². The van der Waals surface area contributed by atoms with Crippen LogP contribution in [0.3, 0.4) is 0 Å². The number of urea groups is 1. The molecule has 1 aliphatic heterocycles. The Labute approximate surface area is 180 Å². The number of benzene rings is 3. The van der Waals surface area contributed by atoms with Crippen LogP contribution in [0.1, 0.15) is 11.1 Å². The Morgan fingerprint density at radius 1 is 0.839 bits per heavy atom. The number of imide groups is 2. The SMILES string of the molecule is Cc1cccc(N2C(=O)NC(=O)/C(=C\c3ccc(N(C)c4ccccc4)cc3)C2=O)c1. The van der Waals surface area contributed by atoms with Crippen LogP contribution in [0.25, 0.3) is 6.08 Å². The Hall–Kier alpha value is -4.19. The van der Waals surface area contributed by atoms with E-state index in [1.54, 1.807) is 18.2 Å². The first kappa shape index (κ1) is 20.1. The number of carbonyl (C=O) groups excluding carboxylic acids is 3. The number of amides is 4. The first-order valence-electron chi connectivity index (χ1n) is 9.81. The van der Waals surface area contributed by atoms with Crippen LogP contribution in [0.5, 0.6) is 0 Å². The van der Waals surface area contributed by atoms with E-state index in [1.807, 2.05) is 79.5 Å². The van der Waals surface area contributed by atoms with Gasteiger partial charge in [-0.15, -0.1) is 0 Å². The smallest absolute Gasteiger partial charge is 0.335 e. The molecule has 1 heterocycles. The molecular formula is C25H21N3O3. The van der Waals surface area contributed by atoms with Gasteiger partial charge in [-0.3, -0.25) is 14.9 Å². The van der Waals surface area contributed by atoms with Crippen LogP contribution in [0.2, 0.25) is 0 Å². The molecule has 0 atom stereocenters. The third-order valence-electron chi connectivity index (χ3n) is 5.10. The van der Waals surface area contributed by atoms with Crippen molar-refractivity contribution in [2.45, 2.75) is 6.92 Å². The minimum absolute atomic E-state index is 0.0923. The molecule has 0 spiro atoms. The number of carbonyl (C=O) groups is 3. The molecule has 4 rings (SSSR count). The highest BCUT2D eigenvalue weighted by Crippen LogP contribution is 2.25. The third-order valence-corrected chi connectivity index (χ3v) is 5.10. The van der Waals surface area contributed by atoms with Crippen molar-refractivity contribution in [2.75, 3.05) is 16.8 Å². The molecule has 0 radical (unpaired) electrons. The molecule has 6 nitrogen and oxygen atoms in total. The van der Waals surface area contributed by atoms with E-state index in [0.717, 1.165) is 21.8 Å². The molecule has 1 saturated heterocycles. The van der Waals surface area contributed by atoms with Crippen LogP contribution in [-0.4, -0.2) is 24.9 Å². The maximum Gasteiger partial charge on any atom is 0.335 e. The topological polar surface area (TPSA) is 69.7 Å². The Kier molecular flexibility index (Phi) is 5.37. The maximum atomic E-state index is 13.0. The van der Waals surface area contributed by atoms with Crippen molar-refractivity contribution >= 4 is 41.0 Å². The number of aryl methyl sites for hydroxylation is 1. The van der Waals surface area contributed by atoms with E-state index in [4.69, 9.17) is 0 Å². The first-order valence-corrected chi connectivity index (χ1v) is 9.81. The molecule has 31 heavy (non-hydrogen) atoms. The number of nitrogens with zero attached hydrogens (tertiary/aromatic N) is 2. The van der Waals surface area contributed by atoms with Crippen LogP contribution < -0.4 is 15.1 Å². The van der Waals surface area contributed by atoms with Gasteiger partial charge in [0.15, 0.2) is 0 Å². The van der Waals surface area contributed by atoms with Crippen molar-refractivity contribution in [3.05, 3.63) is 95.6 Å². The van der Waals surface area contributed by atoms with Gasteiger partial charge in [0.1, 0.15) is 5.57 Å². The van der Waals surface area contributed by atoms with Gasteiger partial charge in [-0.05, 0) is 60.5 Å². The number of hydrogen-bond acceptors (Lipinski definition) is 4. The molecule has 6 heteroatoms. The predicted octanol–water partition coefficient (Wildman–Crippen LogP) is 4.43. The van der Waals surface area contributed by atoms with Gasteiger partial charge in [-0.1, -0.05) is 42.5 Å². The normalized spacial score (nSPS) is 15.2. The first-order chi connectivity index (χ1) is 14.9. The molecule has 3 aromatic rings. The van der Waals surface area contributed by atoms with Gasteiger partial charge in [-0.2, -0.15) is 0 Å². The van der Waals surface area contributed by atoms with Crippen molar-refractivity contribution < 1.29 is 14.4 Å². The van der Waals surface area contributed by atoms with Crippen LogP contribution in [0.4, 0.5) is 21.9 Å². The molecule has 1 fully saturated rings. The number of para-hydroxylation sites is 1. The van der Waals surface area contributed by atoms with E-state index in [1.165, 1.54) is 6.08 Å². The predicted molar refractivity (Wildman–Crippen MR) is 121 cm³/mol. The van der Waals surface area contributed by atoms with Crippen molar-refractivity contribution in [1.82, 2.24) is 5.32 Å². The lowest BCUT2D eigenvalue weighted by Gasteiger charge is -2.26. The van der Waals surface area contributed by atoms with Crippen molar-refractivity contribution in [2.24, 2.45) is 0 Å². The van der Waals surface area contributed by atoms with Gasteiger partial charge in [0.25, 0.3) is 11.8 Å². The molecule has 0 bridgehead atoms. The van der Waals surface area contributed by atoms with Crippen LogP contribution >= 0.6 is 0 Å². The van der Waals surface area contributed by atoms with Crippen molar-refractivity contribution in [3.63, 3.8) is 0 Å². The lowest BCUT2D eigenvalue weighted by atomic mass is 10.1.